The van der Waals surface area contributed by atoms with Gasteiger partial charge in [-0.2, -0.15) is 0 Å². The lowest BCUT2D eigenvalue weighted by atomic mass is 9.98. The number of hydrogen-bond donors (Lipinski definition) is 2. The van der Waals surface area contributed by atoms with Gasteiger partial charge in [-0.05, 0) is 66.6 Å². The Morgan fingerprint density at radius 3 is 2.25 bits per heavy atom. The minimum atomic E-state index is -0.891. The SMILES string of the molecule is O=C(O)CCC(Cc1cc(Br)c(Br)s1)NC(=O)OCC1c2ccccc2-c2ccccc21. The van der Waals surface area contributed by atoms with Gasteiger partial charge < -0.3 is 15.2 Å². The molecule has 166 valence electrons. The smallest absolute Gasteiger partial charge is 0.407 e. The highest BCUT2D eigenvalue weighted by Gasteiger charge is 2.29. The van der Waals surface area contributed by atoms with Crippen LogP contribution in [-0.2, 0) is 16.0 Å². The van der Waals surface area contributed by atoms with Crippen molar-refractivity contribution >= 4 is 55.3 Å². The number of rotatable bonds is 8. The summed E-state index contributed by atoms with van der Waals surface area (Å²) in [7, 11) is 0. The molecule has 0 spiro atoms. The summed E-state index contributed by atoms with van der Waals surface area (Å²) in [4.78, 5) is 24.8. The topological polar surface area (TPSA) is 75.6 Å². The normalized spacial score (nSPS) is 13.3. The lowest BCUT2D eigenvalue weighted by Crippen LogP contribution is -2.37. The lowest BCUT2D eigenvalue weighted by molar-refractivity contribution is -0.137. The van der Waals surface area contributed by atoms with E-state index in [1.807, 2.05) is 30.3 Å². The van der Waals surface area contributed by atoms with E-state index in [0.717, 1.165) is 24.3 Å². The van der Waals surface area contributed by atoms with Crippen molar-refractivity contribution in [3.63, 3.8) is 0 Å². The number of amides is 1. The molecule has 1 heterocycles. The van der Waals surface area contributed by atoms with Crippen molar-refractivity contribution in [1.29, 1.82) is 0 Å². The minimum Gasteiger partial charge on any atom is -0.481 e. The molecule has 3 aromatic rings. The lowest BCUT2D eigenvalue weighted by Gasteiger charge is -2.19. The van der Waals surface area contributed by atoms with Crippen LogP contribution in [0.1, 0.15) is 34.8 Å². The summed E-state index contributed by atoms with van der Waals surface area (Å²) in [5.74, 6) is -0.910. The van der Waals surface area contributed by atoms with Gasteiger partial charge in [0.1, 0.15) is 6.61 Å². The summed E-state index contributed by atoms with van der Waals surface area (Å²) >= 11 is 8.49. The number of fused-ring (bicyclic) bond motifs is 3. The predicted octanol–water partition coefficient (Wildman–Crippen LogP) is 6.59. The van der Waals surface area contributed by atoms with E-state index in [4.69, 9.17) is 9.84 Å². The maximum atomic E-state index is 12.6. The Balaban J connectivity index is 1.42. The standard InChI is InChI=1S/C24H21Br2NO4S/c25-21-12-15(32-23(21)26)11-14(9-10-22(28)29)27-24(30)31-13-20-18-7-3-1-5-16(18)17-6-2-4-8-19(17)20/h1-8,12,14,20H,9-11,13H2,(H,27,30)(H,28,29). The van der Waals surface area contributed by atoms with Crippen LogP contribution >= 0.6 is 43.2 Å². The summed E-state index contributed by atoms with van der Waals surface area (Å²) in [6.45, 7) is 0.224. The van der Waals surface area contributed by atoms with E-state index in [-0.39, 0.29) is 25.0 Å². The van der Waals surface area contributed by atoms with Crippen molar-refractivity contribution in [2.75, 3.05) is 6.61 Å². The summed E-state index contributed by atoms with van der Waals surface area (Å²) in [5, 5.41) is 12.0. The number of halogens is 2. The second-order valence-electron chi connectivity index (χ2n) is 7.64. The van der Waals surface area contributed by atoms with Crippen molar-refractivity contribution in [2.45, 2.75) is 31.2 Å². The fraction of sp³-hybridized carbons (Fsp3) is 0.250. The number of carbonyl (C=O) groups excluding carboxylic acids is 1. The van der Waals surface area contributed by atoms with Crippen molar-refractivity contribution in [2.24, 2.45) is 0 Å². The van der Waals surface area contributed by atoms with E-state index in [9.17, 15) is 9.59 Å². The quantitative estimate of drug-likeness (QED) is 0.316. The minimum absolute atomic E-state index is 0.0187. The van der Waals surface area contributed by atoms with E-state index in [1.165, 1.54) is 11.1 Å². The second kappa shape index (κ2) is 10.2. The molecule has 5 nitrogen and oxygen atoms in total. The van der Waals surface area contributed by atoms with Gasteiger partial charge in [-0.1, -0.05) is 48.5 Å². The zero-order valence-electron chi connectivity index (χ0n) is 17.0. The first-order valence-electron chi connectivity index (χ1n) is 10.2. The Bertz CT molecular complexity index is 1080. The molecular formula is C24H21Br2NO4S. The fourth-order valence-corrected chi connectivity index (χ4v) is 6.32. The summed E-state index contributed by atoms with van der Waals surface area (Å²) < 4.78 is 7.53. The van der Waals surface area contributed by atoms with E-state index in [1.54, 1.807) is 11.3 Å². The van der Waals surface area contributed by atoms with Gasteiger partial charge in [-0.25, -0.2) is 4.79 Å². The Morgan fingerprint density at radius 2 is 1.69 bits per heavy atom. The van der Waals surface area contributed by atoms with Gasteiger partial charge in [-0.15, -0.1) is 11.3 Å². The number of aliphatic carboxylic acids is 1. The molecule has 1 amide bonds. The molecule has 0 saturated carbocycles. The van der Waals surface area contributed by atoms with Crippen LogP contribution in [0.5, 0.6) is 0 Å². The predicted molar refractivity (Wildman–Crippen MR) is 132 cm³/mol. The van der Waals surface area contributed by atoms with Gasteiger partial charge in [0.2, 0.25) is 0 Å². The molecular weight excluding hydrogens is 558 g/mol. The van der Waals surface area contributed by atoms with Crippen LogP contribution in [0.25, 0.3) is 11.1 Å². The first-order valence-corrected chi connectivity index (χ1v) is 12.6. The maximum Gasteiger partial charge on any atom is 0.407 e. The Morgan fingerprint density at radius 1 is 1.06 bits per heavy atom. The summed E-state index contributed by atoms with van der Waals surface area (Å²) in [6, 6.07) is 18.0. The largest absolute Gasteiger partial charge is 0.481 e. The first-order chi connectivity index (χ1) is 15.4. The average molecular weight is 579 g/mol. The summed E-state index contributed by atoms with van der Waals surface area (Å²) in [6.07, 6.45) is 0.304. The van der Waals surface area contributed by atoms with Crippen molar-refractivity contribution in [1.82, 2.24) is 5.32 Å². The third-order valence-corrected chi connectivity index (χ3v) is 8.79. The van der Waals surface area contributed by atoms with Gasteiger partial charge in [0.25, 0.3) is 0 Å². The monoisotopic (exact) mass is 577 g/mol. The molecule has 0 fully saturated rings. The Hall–Kier alpha value is -2.16. The highest BCUT2D eigenvalue weighted by Crippen LogP contribution is 2.44. The van der Waals surface area contributed by atoms with E-state index in [2.05, 4.69) is 61.4 Å². The first kappa shape index (κ1) is 23.0. The number of hydrogen-bond acceptors (Lipinski definition) is 4. The Labute approximate surface area is 207 Å². The van der Waals surface area contributed by atoms with Gasteiger partial charge in [0.15, 0.2) is 0 Å². The number of ether oxygens (including phenoxy) is 1. The van der Waals surface area contributed by atoms with Crippen LogP contribution in [0.4, 0.5) is 4.79 Å². The zero-order chi connectivity index (χ0) is 22.7. The highest BCUT2D eigenvalue weighted by atomic mass is 79.9. The van der Waals surface area contributed by atoms with E-state index >= 15 is 0 Å². The number of carboxylic acids is 1. The third kappa shape index (κ3) is 5.24. The molecule has 4 rings (SSSR count). The molecule has 0 bridgehead atoms. The molecule has 2 aromatic carbocycles. The molecule has 1 aliphatic rings. The van der Waals surface area contributed by atoms with Crippen molar-refractivity contribution < 1.29 is 19.4 Å². The average Bonchev–Trinajstić information content (AvgIpc) is 3.26. The Kier molecular flexibility index (Phi) is 7.33. The van der Waals surface area contributed by atoms with Gasteiger partial charge in [0.05, 0.1) is 3.79 Å². The number of benzene rings is 2. The number of thiophene rings is 1. The number of alkyl carbamates (subject to hydrolysis) is 1. The fourth-order valence-electron chi connectivity index (χ4n) is 4.06. The summed E-state index contributed by atoms with van der Waals surface area (Å²) in [5.41, 5.74) is 4.64. The van der Waals surface area contributed by atoms with Gasteiger partial charge in [0, 0.05) is 34.2 Å². The van der Waals surface area contributed by atoms with Crippen LogP contribution < -0.4 is 5.32 Å². The molecule has 1 unspecified atom stereocenters. The second-order valence-corrected chi connectivity index (χ2v) is 10.9. The molecule has 0 radical (unpaired) electrons. The number of carbonyl (C=O) groups is 2. The van der Waals surface area contributed by atoms with Crippen LogP contribution in [0, 0.1) is 0 Å². The van der Waals surface area contributed by atoms with Crippen LogP contribution in [0.3, 0.4) is 0 Å². The number of nitrogens with one attached hydrogen (secondary N) is 1. The van der Waals surface area contributed by atoms with E-state index < -0.39 is 12.1 Å². The zero-order valence-corrected chi connectivity index (χ0v) is 21.0. The van der Waals surface area contributed by atoms with E-state index in [0.29, 0.717) is 12.8 Å². The van der Waals surface area contributed by atoms with Crippen LogP contribution in [-0.4, -0.2) is 29.8 Å². The van der Waals surface area contributed by atoms with Crippen molar-refractivity contribution in [3.8, 4) is 11.1 Å². The molecule has 1 atom stereocenters. The highest BCUT2D eigenvalue weighted by molar-refractivity contribution is 9.13. The maximum absolute atomic E-state index is 12.6. The number of carboxylic acid groups (broad SMARTS) is 1. The van der Waals surface area contributed by atoms with Gasteiger partial charge in [-0.3, -0.25) is 4.79 Å². The van der Waals surface area contributed by atoms with Crippen LogP contribution in [0.15, 0.2) is 62.9 Å². The molecule has 0 aliphatic heterocycles. The molecule has 2 N–H and O–H groups in total. The third-order valence-electron chi connectivity index (χ3n) is 5.52. The van der Waals surface area contributed by atoms with Crippen molar-refractivity contribution in [3.05, 3.63) is 78.9 Å². The molecule has 0 saturated heterocycles. The molecule has 8 heteroatoms. The molecule has 32 heavy (non-hydrogen) atoms. The molecule has 1 aromatic heterocycles. The van der Waals surface area contributed by atoms with Crippen LogP contribution in [0.2, 0.25) is 0 Å². The molecule has 1 aliphatic carbocycles. The van der Waals surface area contributed by atoms with Gasteiger partial charge >= 0.3 is 12.1 Å².